The number of fused-ring (bicyclic) bond motifs is 4. The highest BCUT2D eigenvalue weighted by Gasteiger charge is 2.28. The molecule has 12 nitrogen and oxygen atoms in total. The number of carbonyl (C=O) groups excluding carboxylic acids is 8. The number of hydrogen-bond acceptors (Lipinski definition) is 12. The van der Waals surface area contributed by atoms with Crippen LogP contribution in [0.2, 0.25) is 0 Å². The number of carbonyl (C=O) groups is 8. The van der Waals surface area contributed by atoms with Gasteiger partial charge in [0.1, 0.15) is 24.4 Å². The molecule has 8 atom stereocenters. The highest BCUT2D eigenvalue weighted by atomic mass is 16.6. The second-order valence-electron chi connectivity index (χ2n) is 25.7. The lowest BCUT2D eigenvalue weighted by Gasteiger charge is -2.18. The van der Waals surface area contributed by atoms with Crippen molar-refractivity contribution in [2.75, 3.05) is 0 Å². The van der Waals surface area contributed by atoms with Crippen LogP contribution in [0.1, 0.15) is 259 Å². The predicted octanol–water partition coefficient (Wildman–Crippen LogP) is 18.7. The molecular formula is C80H112O12. The molecule has 4 aliphatic carbocycles. The molecule has 1 aliphatic heterocycles. The van der Waals surface area contributed by atoms with Crippen molar-refractivity contribution < 1.29 is 57.3 Å². The minimum atomic E-state index is -0.325. The van der Waals surface area contributed by atoms with Crippen LogP contribution in [0.3, 0.4) is 0 Å². The van der Waals surface area contributed by atoms with Crippen LogP contribution in [0.15, 0.2) is 144 Å². The number of rotatable bonds is 16. The fourth-order valence-electron chi connectivity index (χ4n) is 12.5. The van der Waals surface area contributed by atoms with E-state index in [0.29, 0.717) is 103 Å². The maximum absolute atomic E-state index is 13.2. The van der Waals surface area contributed by atoms with Gasteiger partial charge in [0.05, 0.1) is 0 Å². The molecule has 0 saturated carbocycles. The van der Waals surface area contributed by atoms with Crippen LogP contribution in [0.25, 0.3) is 0 Å². The standard InChI is InChI=1S/C80H112O12/c1-5-9-21-37-65-49-53-69-61(45-57-73(69)81)33-25-14-18-30-42-78(86)90-67(39-23-11-7-3)51-55-71-63(47-59-75(71)83)35-27-16-20-32-44-80(88)92-68(40-24-12-8-4)52-56-72-64(48-60-76(72)84)36-28-15-19-31-43-79(87)91-66(38-22-10-6-2)50-54-70-62(46-58-74(70)82)34-26-13-17-29-41-77(85)89-65/h13-16,25-28,45-48,53-68H,5-12,17-24,29-44,49-52H2,1-4H3/t61-,62-,63-,64?,65-,66-,67-,68-/m0/s1. The lowest BCUT2D eigenvalue weighted by molar-refractivity contribution is -0.150. The average Bonchev–Trinajstić information content (AvgIpc) is 2.04. The van der Waals surface area contributed by atoms with E-state index in [4.69, 9.17) is 18.9 Å². The minimum absolute atomic E-state index is 0.0185. The zero-order valence-corrected chi connectivity index (χ0v) is 56.5. The molecule has 0 N–H and O–H groups in total. The van der Waals surface area contributed by atoms with E-state index < -0.39 is 0 Å². The lowest BCUT2D eigenvalue weighted by Crippen LogP contribution is -2.18. The fraction of sp³-hybridized carbons (Fsp3) is 0.600. The molecule has 0 aromatic heterocycles. The van der Waals surface area contributed by atoms with Gasteiger partial charge >= 0.3 is 23.9 Å². The van der Waals surface area contributed by atoms with Crippen molar-refractivity contribution in [1.29, 1.82) is 0 Å². The number of cyclic esters (lactones) is 4. The molecule has 0 aromatic rings. The number of unbranched alkanes of at least 4 members (excludes halogenated alkanes) is 8. The van der Waals surface area contributed by atoms with Gasteiger partial charge < -0.3 is 18.9 Å². The van der Waals surface area contributed by atoms with Crippen LogP contribution < -0.4 is 0 Å². The van der Waals surface area contributed by atoms with Crippen molar-refractivity contribution in [3.05, 3.63) is 144 Å². The molecule has 0 aromatic carbocycles. The first-order chi connectivity index (χ1) is 44.8. The van der Waals surface area contributed by atoms with Crippen LogP contribution in [0, 0.1) is 23.7 Å². The first-order valence-electron chi connectivity index (χ1n) is 35.9. The summed E-state index contributed by atoms with van der Waals surface area (Å²) in [4.78, 5) is 105. The summed E-state index contributed by atoms with van der Waals surface area (Å²) in [5.74, 6) is -1.36. The Hall–Kier alpha value is -6.56. The van der Waals surface area contributed by atoms with E-state index in [1.807, 2.05) is 48.6 Å². The first kappa shape index (κ1) is 76.2. The number of ether oxygens (including phenoxy) is 4. The van der Waals surface area contributed by atoms with Gasteiger partial charge in [0.15, 0.2) is 23.1 Å². The van der Waals surface area contributed by atoms with E-state index in [2.05, 4.69) is 76.3 Å². The van der Waals surface area contributed by atoms with Crippen LogP contribution in [0.5, 0.6) is 0 Å². The molecule has 504 valence electrons. The van der Waals surface area contributed by atoms with Crippen molar-refractivity contribution in [3.8, 4) is 0 Å². The number of ketones is 4. The lowest BCUT2D eigenvalue weighted by atomic mass is 9.95. The van der Waals surface area contributed by atoms with Gasteiger partial charge in [0.2, 0.25) is 0 Å². The Kier molecular flexibility index (Phi) is 37.8. The van der Waals surface area contributed by atoms with Crippen molar-refractivity contribution >= 4 is 47.0 Å². The van der Waals surface area contributed by atoms with Crippen molar-refractivity contribution in [2.45, 2.75) is 283 Å². The molecular weight excluding hydrogens is 1150 g/mol. The zero-order valence-electron chi connectivity index (χ0n) is 56.5. The van der Waals surface area contributed by atoms with Crippen LogP contribution in [-0.4, -0.2) is 71.4 Å². The molecule has 0 radical (unpaired) electrons. The monoisotopic (exact) mass is 1260 g/mol. The van der Waals surface area contributed by atoms with Crippen molar-refractivity contribution in [3.63, 3.8) is 0 Å². The molecule has 5 aliphatic rings. The number of hydrogen-bond donors (Lipinski definition) is 0. The third-order valence-electron chi connectivity index (χ3n) is 18.0. The van der Waals surface area contributed by atoms with E-state index >= 15 is 0 Å². The highest BCUT2D eigenvalue weighted by molar-refractivity contribution is 6.08. The molecule has 0 saturated heterocycles. The Morgan fingerprint density at radius 1 is 0.293 bits per heavy atom. The van der Waals surface area contributed by atoms with Gasteiger partial charge in [0.25, 0.3) is 0 Å². The molecule has 12 heteroatoms. The minimum Gasteiger partial charge on any atom is -0.462 e. The number of allylic oxidation sites excluding steroid dienone is 20. The van der Waals surface area contributed by atoms with E-state index in [1.165, 1.54) is 0 Å². The Labute approximate surface area is 552 Å². The van der Waals surface area contributed by atoms with Gasteiger partial charge in [-0.3, -0.25) is 38.4 Å². The number of esters is 4. The Morgan fingerprint density at radius 3 is 0.717 bits per heavy atom. The summed E-state index contributed by atoms with van der Waals surface area (Å²) in [6.45, 7) is 8.56. The van der Waals surface area contributed by atoms with Gasteiger partial charge in [0, 0.05) is 97.3 Å². The van der Waals surface area contributed by atoms with Crippen LogP contribution >= 0.6 is 0 Å². The summed E-state index contributed by atoms with van der Waals surface area (Å²) in [6.07, 6.45) is 63.0. The molecule has 1 unspecified atom stereocenters. The van der Waals surface area contributed by atoms with Gasteiger partial charge in [-0.1, -0.05) is 176 Å². The second kappa shape index (κ2) is 45.7. The smallest absolute Gasteiger partial charge is 0.306 e. The largest absolute Gasteiger partial charge is 0.462 e. The molecule has 0 spiro atoms. The van der Waals surface area contributed by atoms with Crippen LogP contribution in [-0.2, 0) is 57.3 Å². The summed E-state index contributed by atoms with van der Waals surface area (Å²) < 4.78 is 24.2. The van der Waals surface area contributed by atoms with Gasteiger partial charge in [-0.05, 0) is 153 Å². The molecule has 5 rings (SSSR count). The summed E-state index contributed by atoms with van der Waals surface area (Å²) in [5, 5.41) is 0. The molecule has 0 amide bonds. The van der Waals surface area contributed by atoms with Crippen molar-refractivity contribution in [2.24, 2.45) is 23.7 Å². The summed E-state index contributed by atoms with van der Waals surface area (Å²) >= 11 is 0. The van der Waals surface area contributed by atoms with Gasteiger partial charge in [-0.25, -0.2) is 0 Å². The third kappa shape index (κ3) is 30.0. The Balaban J connectivity index is 1.24. The summed E-state index contributed by atoms with van der Waals surface area (Å²) in [6, 6.07) is 0. The molecule has 0 fully saturated rings. The van der Waals surface area contributed by atoms with E-state index in [-0.39, 0.29) is 121 Å². The maximum atomic E-state index is 13.2. The van der Waals surface area contributed by atoms with E-state index in [0.717, 1.165) is 125 Å². The second-order valence-corrected chi connectivity index (χ2v) is 25.7. The normalized spacial score (nSPS) is 25.9. The van der Waals surface area contributed by atoms with Crippen LogP contribution in [0.4, 0.5) is 0 Å². The fourth-order valence-corrected chi connectivity index (χ4v) is 12.5. The Bertz CT molecular complexity index is 2360. The van der Waals surface area contributed by atoms with E-state index in [9.17, 15) is 38.4 Å². The summed E-state index contributed by atoms with van der Waals surface area (Å²) in [5.41, 5.74) is 2.88. The molecule has 0 bridgehead atoms. The maximum Gasteiger partial charge on any atom is 0.306 e. The average molecular weight is 1270 g/mol. The first-order valence-corrected chi connectivity index (χ1v) is 35.9. The SMILES string of the molecule is CCCCC[C@H]1CC=C2C(=O)C=CC2CC=CCCCC(=O)O[C@@H](CCCCC)CC=C2C(=O)C=C[C@@H]2CC=CCCCC(=O)O[C@@H](CCCCC)CC=C2C(=O)C=C[C@@H]2CC=CCCCC(=O)O[C@@H](CCCCC)CC=C2C(=O)C=C[C@@H]2CC=CCCCC(=O)O1. The van der Waals surface area contributed by atoms with Crippen molar-refractivity contribution in [1.82, 2.24) is 0 Å². The predicted molar refractivity (Wildman–Crippen MR) is 368 cm³/mol. The molecule has 1 heterocycles. The quantitative estimate of drug-likeness (QED) is 0.0620. The highest BCUT2D eigenvalue weighted by Crippen LogP contribution is 2.32. The Morgan fingerprint density at radius 2 is 0.511 bits per heavy atom. The topological polar surface area (TPSA) is 173 Å². The summed E-state index contributed by atoms with van der Waals surface area (Å²) in [7, 11) is 0. The van der Waals surface area contributed by atoms with E-state index in [1.54, 1.807) is 24.3 Å². The molecule has 92 heavy (non-hydrogen) atoms. The van der Waals surface area contributed by atoms with Gasteiger partial charge in [-0.15, -0.1) is 0 Å². The van der Waals surface area contributed by atoms with Gasteiger partial charge in [-0.2, -0.15) is 0 Å². The third-order valence-corrected chi connectivity index (χ3v) is 18.0. The zero-order chi connectivity index (χ0) is 66.0.